The molecule has 0 bridgehead atoms. The van der Waals surface area contributed by atoms with Crippen LogP contribution in [0.15, 0.2) is 88.6 Å². The van der Waals surface area contributed by atoms with E-state index in [4.69, 9.17) is 18.9 Å². The Morgan fingerprint density at radius 3 is 2.49 bits per heavy atom. The van der Waals surface area contributed by atoms with Crippen molar-refractivity contribution in [3.05, 3.63) is 99.0 Å². The minimum atomic E-state index is -0.470. The van der Waals surface area contributed by atoms with E-state index in [0.29, 0.717) is 46.9 Å². The van der Waals surface area contributed by atoms with Crippen molar-refractivity contribution in [1.29, 1.82) is 0 Å². The van der Waals surface area contributed by atoms with Gasteiger partial charge in [0.15, 0.2) is 17.3 Å². The Morgan fingerprint density at radius 1 is 0.974 bits per heavy atom. The Kier molecular flexibility index (Phi) is 8.02. The first-order valence-electron chi connectivity index (χ1n) is 12.8. The summed E-state index contributed by atoms with van der Waals surface area (Å²) < 4.78 is 22.2. The summed E-state index contributed by atoms with van der Waals surface area (Å²) in [6.45, 7) is 2.20. The molecule has 2 heterocycles. The van der Waals surface area contributed by atoms with Gasteiger partial charge < -0.3 is 24.3 Å². The van der Waals surface area contributed by atoms with Crippen LogP contribution in [0.3, 0.4) is 0 Å². The van der Waals surface area contributed by atoms with Crippen LogP contribution in [-0.4, -0.2) is 39.2 Å². The van der Waals surface area contributed by atoms with Crippen molar-refractivity contribution in [2.24, 2.45) is 0 Å². The van der Waals surface area contributed by atoms with Crippen molar-refractivity contribution in [2.45, 2.75) is 31.6 Å². The molecule has 8 heteroatoms. The van der Waals surface area contributed by atoms with E-state index in [-0.39, 0.29) is 24.9 Å². The Morgan fingerprint density at radius 2 is 1.77 bits per heavy atom. The largest absolute Gasteiger partial charge is 0.493 e. The molecule has 0 radical (unpaired) electrons. The summed E-state index contributed by atoms with van der Waals surface area (Å²) in [5.74, 6) is 1.07. The van der Waals surface area contributed by atoms with Gasteiger partial charge in [-0.15, -0.1) is 11.3 Å². The van der Waals surface area contributed by atoms with Crippen LogP contribution in [-0.2, 0) is 14.3 Å². The number of carbonyl (C=O) groups is 2. The zero-order valence-electron chi connectivity index (χ0n) is 22.2. The molecular weight excluding hydrogens is 514 g/mol. The quantitative estimate of drug-likeness (QED) is 0.271. The monoisotopic (exact) mass is 545 g/mol. The van der Waals surface area contributed by atoms with Gasteiger partial charge in [0.1, 0.15) is 19.0 Å². The molecule has 1 aliphatic carbocycles. The van der Waals surface area contributed by atoms with E-state index < -0.39 is 11.9 Å². The van der Waals surface area contributed by atoms with E-state index in [1.807, 2.05) is 73.0 Å². The molecule has 0 unspecified atom stereocenters. The number of nitrogens with one attached hydrogen (secondary N) is 1. The molecule has 2 atom stereocenters. The first kappa shape index (κ1) is 26.6. The standard InChI is InChI=1S/C31H31NO6S/c1-19-28(31(34)38-14-13-37-22-8-5-4-6-9-22)30(27-10-7-15-39-27)29-23(32-19)16-21(17-24(29)33)20-11-12-25(35-2)26(18-20)36-3/h4-12,15,18,21,30,32H,13-14,16-17H2,1-3H3/t21-,30+/m0/s1. The molecule has 1 aliphatic heterocycles. The first-order chi connectivity index (χ1) is 19.0. The van der Waals surface area contributed by atoms with E-state index in [0.717, 1.165) is 16.1 Å². The highest BCUT2D eigenvalue weighted by atomic mass is 32.1. The average molecular weight is 546 g/mol. The smallest absolute Gasteiger partial charge is 0.336 e. The number of allylic oxidation sites excluding steroid dienone is 3. The van der Waals surface area contributed by atoms with Gasteiger partial charge >= 0.3 is 5.97 Å². The van der Waals surface area contributed by atoms with Crippen LogP contribution < -0.4 is 19.5 Å². The van der Waals surface area contributed by atoms with Crippen LogP contribution in [0.1, 0.15) is 42.0 Å². The lowest BCUT2D eigenvalue weighted by Crippen LogP contribution is -2.36. The fourth-order valence-electron chi connectivity index (χ4n) is 5.28. The maximum Gasteiger partial charge on any atom is 0.336 e. The number of esters is 1. The van der Waals surface area contributed by atoms with Gasteiger partial charge in [-0.3, -0.25) is 4.79 Å². The van der Waals surface area contributed by atoms with Gasteiger partial charge in [0.25, 0.3) is 0 Å². The van der Waals surface area contributed by atoms with Crippen LogP contribution in [0.2, 0.25) is 0 Å². The lowest BCUT2D eigenvalue weighted by molar-refractivity contribution is -0.140. The lowest BCUT2D eigenvalue weighted by atomic mass is 9.73. The second-order valence-electron chi connectivity index (χ2n) is 9.44. The molecule has 7 nitrogen and oxygen atoms in total. The van der Waals surface area contributed by atoms with Crippen molar-refractivity contribution >= 4 is 23.1 Å². The van der Waals surface area contributed by atoms with Crippen LogP contribution >= 0.6 is 11.3 Å². The number of ether oxygens (including phenoxy) is 4. The highest BCUT2D eigenvalue weighted by molar-refractivity contribution is 7.10. The molecule has 1 N–H and O–H groups in total. The number of benzene rings is 2. The number of Topliss-reactive ketones (excluding diaryl/α,β-unsaturated/α-hetero) is 1. The second-order valence-corrected chi connectivity index (χ2v) is 10.4. The summed E-state index contributed by atoms with van der Waals surface area (Å²) in [5, 5.41) is 5.36. The molecule has 2 aromatic carbocycles. The second kappa shape index (κ2) is 11.8. The van der Waals surface area contributed by atoms with Crippen LogP contribution in [0.4, 0.5) is 0 Å². The first-order valence-corrected chi connectivity index (χ1v) is 13.7. The molecule has 0 saturated carbocycles. The van der Waals surface area contributed by atoms with Crippen molar-refractivity contribution in [2.75, 3.05) is 27.4 Å². The zero-order chi connectivity index (χ0) is 27.4. The minimum Gasteiger partial charge on any atom is -0.493 e. The molecule has 202 valence electrons. The van der Waals surface area contributed by atoms with E-state index >= 15 is 0 Å². The number of rotatable bonds is 9. The summed E-state index contributed by atoms with van der Waals surface area (Å²) >= 11 is 1.53. The number of dihydropyridines is 1. The Hall–Kier alpha value is -4.04. The number of hydrogen-bond acceptors (Lipinski definition) is 8. The van der Waals surface area contributed by atoms with Gasteiger partial charge in [-0.25, -0.2) is 4.79 Å². The SMILES string of the molecule is COc1ccc([C@@H]2CC(=O)C3=C(C2)NC(C)=C(C(=O)OCCOc2ccccc2)[C@H]3c2cccs2)cc1OC. The molecular formula is C31H31NO6S. The predicted octanol–water partition coefficient (Wildman–Crippen LogP) is 5.75. The van der Waals surface area contributed by atoms with Gasteiger partial charge in [-0.05, 0) is 60.5 Å². The summed E-state index contributed by atoms with van der Waals surface area (Å²) in [4.78, 5) is 28.1. The van der Waals surface area contributed by atoms with E-state index in [1.165, 1.54) is 11.3 Å². The van der Waals surface area contributed by atoms with Gasteiger partial charge in [-0.2, -0.15) is 0 Å². The number of hydrogen-bond donors (Lipinski definition) is 1. The summed E-state index contributed by atoms with van der Waals surface area (Å²) in [7, 11) is 3.20. The fraction of sp³-hybridized carbons (Fsp3) is 0.290. The fourth-order valence-corrected chi connectivity index (χ4v) is 6.12. The van der Waals surface area contributed by atoms with Crippen molar-refractivity contribution in [3.63, 3.8) is 0 Å². The molecule has 39 heavy (non-hydrogen) atoms. The topological polar surface area (TPSA) is 83.1 Å². The average Bonchev–Trinajstić information content (AvgIpc) is 3.49. The maximum atomic E-state index is 13.7. The molecule has 0 saturated heterocycles. The van der Waals surface area contributed by atoms with Gasteiger partial charge in [0, 0.05) is 28.3 Å². The summed E-state index contributed by atoms with van der Waals surface area (Å²) in [6.07, 6.45) is 0.979. The van der Waals surface area contributed by atoms with Crippen LogP contribution in [0.25, 0.3) is 0 Å². The normalized spacial score (nSPS) is 18.8. The summed E-state index contributed by atoms with van der Waals surface area (Å²) in [6, 6.07) is 19.1. The lowest BCUT2D eigenvalue weighted by Gasteiger charge is -2.36. The number of methoxy groups -OCH3 is 2. The highest BCUT2D eigenvalue weighted by Gasteiger charge is 2.42. The molecule has 2 aliphatic rings. The van der Waals surface area contributed by atoms with Crippen LogP contribution in [0, 0.1) is 0 Å². The van der Waals surface area contributed by atoms with Gasteiger partial charge in [0.05, 0.1) is 25.7 Å². The third-order valence-electron chi connectivity index (χ3n) is 7.08. The van der Waals surface area contributed by atoms with E-state index in [9.17, 15) is 9.59 Å². The van der Waals surface area contributed by atoms with E-state index in [1.54, 1.807) is 14.2 Å². The molecule has 3 aromatic rings. The zero-order valence-corrected chi connectivity index (χ0v) is 23.0. The number of carbonyl (C=O) groups excluding carboxylic acids is 2. The van der Waals surface area contributed by atoms with Crippen molar-refractivity contribution in [3.8, 4) is 17.2 Å². The third-order valence-corrected chi connectivity index (χ3v) is 8.02. The number of para-hydroxylation sites is 1. The summed E-state index contributed by atoms with van der Waals surface area (Å²) in [5.41, 5.74) is 3.67. The Balaban J connectivity index is 1.38. The van der Waals surface area contributed by atoms with Crippen molar-refractivity contribution in [1.82, 2.24) is 5.32 Å². The highest BCUT2D eigenvalue weighted by Crippen LogP contribution is 2.47. The minimum absolute atomic E-state index is 0.0205. The van der Waals surface area contributed by atoms with Gasteiger partial charge in [-0.1, -0.05) is 30.3 Å². The van der Waals surface area contributed by atoms with E-state index in [2.05, 4.69) is 5.32 Å². The molecule has 1 aromatic heterocycles. The predicted molar refractivity (Wildman–Crippen MR) is 149 cm³/mol. The van der Waals surface area contributed by atoms with Crippen LogP contribution in [0.5, 0.6) is 17.2 Å². The Bertz CT molecular complexity index is 1410. The van der Waals surface area contributed by atoms with Crippen molar-refractivity contribution < 1.29 is 28.5 Å². The molecule has 0 fully saturated rings. The number of thiophene rings is 1. The Labute approximate surface area is 232 Å². The van der Waals surface area contributed by atoms with Gasteiger partial charge in [0.2, 0.25) is 0 Å². The maximum absolute atomic E-state index is 13.7. The molecule has 0 amide bonds. The molecule has 0 spiro atoms. The third kappa shape index (κ3) is 5.56. The molecule has 5 rings (SSSR count). The number of ketones is 1.